The van der Waals surface area contributed by atoms with Crippen LogP contribution in [0.15, 0.2) is 0 Å². The third-order valence-electron chi connectivity index (χ3n) is 4.82. The summed E-state index contributed by atoms with van der Waals surface area (Å²) in [6.07, 6.45) is 7.04. The molecule has 3 atom stereocenters. The SMILES string of the molecule is O=C(NC1CCCC2OCCC12)C1CCNCC1. The van der Waals surface area contributed by atoms with Gasteiger partial charge in [-0.2, -0.15) is 0 Å². The highest BCUT2D eigenvalue weighted by atomic mass is 16.5. The van der Waals surface area contributed by atoms with Gasteiger partial charge in [0.2, 0.25) is 5.91 Å². The smallest absolute Gasteiger partial charge is 0.223 e. The minimum Gasteiger partial charge on any atom is -0.378 e. The molecule has 0 bridgehead atoms. The second-order valence-corrected chi connectivity index (χ2v) is 5.93. The van der Waals surface area contributed by atoms with Gasteiger partial charge >= 0.3 is 0 Å². The number of hydrogen-bond acceptors (Lipinski definition) is 3. The van der Waals surface area contributed by atoms with Crippen LogP contribution in [0.4, 0.5) is 0 Å². The lowest BCUT2D eigenvalue weighted by Gasteiger charge is -2.34. The molecule has 102 valence electrons. The molecule has 4 heteroatoms. The van der Waals surface area contributed by atoms with Gasteiger partial charge in [-0.05, 0) is 51.6 Å². The minimum absolute atomic E-state index is 0.231. The van der Waals surface area contributed by atoms with Crippen LogP contribution in [0.25, 0.3) is 0 Å². The van der Waals surface area contributed by atoms with Crippen molar-refractivity contribution in [3.8, 4) is 0 Å². The van der Waals surface area contributed by atoms with E-state index in [-0.39, 0.29) is 11.8 Å². The largest absolute Gasteiger partial charge is 0.378 e. The van der Waals surface area contributed by atoms with Crippen molar-refractivity contribution in [3.63, 3.8) is 0 Å². The highest BCUT2D eigenvalue weighted by Gasteiger charge is 2.38. The van der Waals surface area contributed by atoms with Crippen molar-refractivity contribution in [1.82, 2.24) is 10.6 Å². The molecular formula is C14H24N2O2. The monoisotopic (exact) mass is 252 g/mol. The summed E-state index contributed by atoms with van der Waals surface area (Å²) < 4.78 is 5.75. The maximum Gasteiger partial charge on any atom is 0.223 e. The molecule has 1 aliphatic carbocycles. The predicted octanol–water partition coefficient (Wildman–Crippen LogP) is 1.06. The van der Waals surface area contributed by atoms with E-state index in [0.717, 1.165) is 45.4 Å². The van der Waals surface area contributed by atoms with Crippen LogP contribution in [0.3, 0.4) is 0 Å². The molecule has 2 heterocycles. The van der Waals surface area contributed by atoms with Gasteiger partial charge in [0.1, 0.15) is 0 Å². The number of piperidine rings is 1. The number of rotatable bonds is 2. The molecule has 3 unspecified atom stereocenters. The highest BCUT2D eigenvalue weighted by Crippen LogP contribution is 2.34. The van der Waals surface area contributed by atoms with Crippen LogP contribution in [-0.2, 0) is 9.53 Å². The van der Waals surface area contributed by atoms with Gasteiger partial charge in [0.05, 0.1) is 6.10 Å². The lowest BCUT2D eigenvalue weighted by molar-refractivity contribution is -0.127. The molecule has 0 radical (unpaired) electrons. The second kappa shape index (κ2) is 5.57. The fourth-order valence-electron chi connectivity index (χ4n) is 3.74. The van der Waals surface area contributed by atoms with Crippen molar-refractivity contribution in [1.29, 1.82) is 0 Å². The number of hydrogen-bond donors (Lipinski definition) is 2. The maximum absolute atomic E-state index is 12.3. The number of carbonyl (C=O) groups excluding carboxylic acids is 1. The molecule has 3 aliphatic rings. The Morgan fingerprint density at radius 1 is 1.11 bits per heavy atom. The lowest BCUT2D eigenvalue weighted by atomic mass is 9.81. The Kier molecular flexibility index (Phi) is 3.85. The van der Waals surface area contributed by atoms with E-state index in [1.807, 2.05) is 0 Å². The summed E-state index contributed by atoms with van der Waals surface area (Å²) in [6, 6.07) is 0.369. The number of nitrogens with one attached hydrogen (secondary N) is 2. The molecule has 0 aromatic carbocycles. The first-order valence-electron chi connectivity index (χ1n) is 7.47. The predicted molar refractivity (Wildman–Crippen MR) is 69.2 cm³/mol. The lowest BCUT2D eigenvalue weighted by Crippen LogP contribution is -2.48. The van der Waals surface area contributed by atoms with Gasteiger partial charge in [-0.3, -0.25) is 4.79 Å². The molecule has 4 nitrogen and oxygen atoms in total. The first-order chi connectivity index (χ1) is 8.84. The summed E-state index contributed by atoms with van der Waals surface area (Å²) in [7, 11) is 0. The summed E-state index contributed by atoms with van der Waals surface area (Å²) in [5.41, 5.74) is 0. The van der Waals surface area contributed by atoms with E-state index in [9.17, 15) is 4.79 Å². The van der Waals surface area contributed by atoms with E-state index in [0.29, 0.717) is 18.1 Å². The van der Waals surface area contributed by atoms with Gasteiger partial charge in [0, 0.05) is 24.5 Å². The number of amides is 1. The molecule has 1 saturated carbocycles. The molecule has 2 N–H and O–H groups in total. The van der Waals surface area contributed by atoms with Crippen LogP contribution in [0, 0.1) is 11.8 Å². The van der Waals surface area contributed by atoms with E-state index in [4.69, 9.17) is 4.74 Å². The zero-order valence-electron chi connectivity index (χ0n) is 11.0. The minimum atomic E-state index is 0.231. The van der Waals surface area contributed by atoms with Crippen LogP contribution >= 0.6 is 0 Å². The second-order valence-electron chi connectivity index (χ2n) is 5.93. The van der Waals surface area contributed by atoms with Crippen molar-refractivity contribution in [3.05, 3.63) is 0 Å². The van der Waals surface area contributed by atoms with E-state index in [1.54, 1.807) is 0 Å². The van der Waals surface area contributed by atoms with E-state index >= 15 is 0 Å². The van der Waals surface area contributed by atoms with Crippen LogP contribution < -0.4 is 10.6 Å². The Hall–Kier alpha value is -0.610. The van der Waals surface area contributed by atoms with Crippen molar-refractivity contribution in [2.24, 2.45) is 11.8 Å². The molecule has 2 aliphatic heterocycles. The van der Waals surface area contributed by atoms with Gasteiger partial charge in [-0.25, -0.2) is 0 Å². The van der Waals surface area contributed by atoms with Gasteiger partial charge < -0.3 is 15.4 Å². The topological polar surface area (TPSA) is 50.4 Å². The average Bonchev–Trinajstić information content (AvgIpc) is 2.89. The Bertz CT molecular complexity index is 302. The molecule has 0 aromatic rings. The highest BCUT2D eigenvalue weighted by molar-refractivity contribution is 5.79. The van der Waals surface area contributed by atoms with Crippen LogP contribution in [0.5, 0.6) is 0 Å². The van der Waals surface area contributed by atoms with Crippen LogP contribution in [0.1, 0.15) is 38.5 Å². The first-order valence-corrected chi connectivity index (χ1v) is 7.47. The standard InChI is InChI=1S/C14H24N2O2/c17-14(10-4-7-15-8-5-10)16-12-2-1-3-13-11(12)6-9-18-13/h10-13,15H,1-9H2,(H,16,17). The van der Waals surface area contributed by atoms with E-state index < -0.39 is 0 Å². The van der Waals surface area contributed by atoms with Crippen molar-refractivity contribution >= 4 is 5.91 Å². The molecular weight excluding hydrogens is 228 g/mol. The van der Waals surface area contributed by atoms with Crippen molar-refractivity contribution in [2.75, 3.05) is 19.7 Å². The normalized spacial score (nSPS) is 37.2. The molecule has 3 fully saturated rings. The van der Waals surface area contributed by atoms with Gasteiger partial charge in [-0.15, -0.1) is 0 Å². The Labute approximate surface area is 109 Å². The van der Waals surface area contributed by atoms with E-state index in [2.05, 4.69) is 10.6 Å². The zero-order chi connectivity index (χ0) is 12.4. The van der Waals surface area contributed by atoms with Crippen molar-refractivity contribution in [2.45, 2.75) is 50.7 Å². The summed E-state index contributed by atoms with van der Waals surface area (Å²) in [4.78, 5) is 12.3. The number of carbonyl (C=O) groups is 1. The Morgan fingerprint density at radius 3 is 2.78 bits per heavy atom. The fraction of sp³-hybridized carbons (Fsp3) is 0.929. The Morgan fingerprint density at radius 2 is 1.94 bits per heavy atom. The molecule has 18 heavy (non-hydrogen) atoms. The van der Waals surface area contributed by atoms with Gasteiger partial charge in [0.25, 0.3) is 0 Å². The fourth-order valence-corrected chi connectivity index (χ4v) is 3.74. The number of fused-ring (bicyclic) bond motifs is 1. The Balaban J connectivity index is 1.56. The van der Waals surface area contributed by atoms with Crippen LogP contribution in [-0.4, -0.2) is 37.7 Å². The number of ether oxygens (including phenoxy) is 1. The van der Waals surface area contributed by atoms with E-state index in [1.165, 1.54) is 12.8 Å². The zero-order valence-corrected chi connectivity index (χ0v) is 11.0. The summed E-state index contributed by atoms with van der Waals surface area (Å²) in [6.45, 7) is 2.85. The summed E-state index contributed by atoms with van der Waals surface area (Å²) in [5.74, 6) is 1.09. The van der Waals surface area contributed by atoms with Gasteiger partial charge in [-0.1, -0.05) is 0 Å². The summed E-state index contributed by atoms with van der Waals surface area (Å²) in [5, 5.41) is 6.62. The van der Waals surface area contributed by atoms with Gasteiger partial charge in [0.15, 0.2) is 0 Å². The molecule has 1 amide bonds. The molecule has 3 rings (SSSR count). The summed E-state index contributed by atoms with van der Waals surface area (Å²) >= 11 is 0. The molecule has 0 spiro atoms. The average molecular weight is 252 g/mol. The third kappa shape index (κ3) is 2.54. The third-order valence-corrected chi connectivity index (χ3v) is 4.82. The first kappa shape index (κ1) is 12.4. The van der Waals surface area contributed by atoms with Crippen LogP contribution in [0.2, 0.25) is 0 Å². The molecule has 0 aromatic heterocycles. The quantitative estimate of drug-likeness (QED) is 0.772. The maximum atomic E-state index is 12.3. The van der Waals surface area contributed by atoms with Crippen molar-refractivity contribution < 1.29 is 9.53 Å². The molecule has 2 saturated heterocycles.